The first-order chi connectivity index (χ1) is 17.7. The molecule has 194 valence electrons. The fourth-order valence-corrected chi connectivity index (χ4v) is 4.79. The van der Waals surface area contributed by atoms with Crippen molar-refractivity contribution in [2.45, 2.75) is 50.9 Å². The second kappa shape index (κ2) is 11.5. The van der Waals surface area contributed by atoms with Crippen molar-refractivity contribution in [2.75, 3.05) is 11.9 Å². The molecule has 0 fully saturated rings. The Labute approximate surface area is 223 Å². The van der Waals surface area contributed by atoms with E-state index < -0.39 is 17.7 Å². The number of hydrogen-bond donors (Lipinski definition) is 5. The summed E-state index contributed by atoms with van der Waals surface area (Å²) in [6.07, 6.45) is 2.75. The molecule has 0 aromatic heterocycles. The predicted octanol–water partition coefficient (Wildman–Crippen LogP) is 4.56. The maximum atomic E-state index is 12.3. The molecule has 1 heterocycles. The summed E-state index contributed by atoms with van der Waals surface area (Å²) >= 11 is 5.98. The zero-order valence-electron chi connectivity index (χ0n) is 21.2. The van der Waals surface area contributed by atoms with E-state index in [2.05, 4.69) is 22.8 Å². The topological polar surface area (TPSA) is 108 Å². The van der Waals surface area contributed by atoms with Gasteiger partial charge in [0.05, 0.1) is 11.1 Å². The number of carboxylic acids is 1. The molecule has 0 aliphatic carbocycles. The van der Waals surface area contributed by atoms with Gasteiger partial charge in [-0.2, -0.15) is 0 Å². The number of fused-ring (bicyclic) bond motifs is 1. The van der Waals surface area contributed by atoms with Gasteiger partial charge in [-0.3, -0.25) is 5.32 Å². The number of anilines is 1. The lowest BCUT2D eigenvalue weighted by Crippen LogP contribution is -2.58. The Kier molecular flexibility index (Phi) is 8.35. The maximum absolute atomic E-state index is 12.3. The number of nitrogens with one attached hydrogen (secondary N) is 2. The van der Waals surface area contributed by atoms with Crippen LogP contribution in [-0.2, 0) is 24.1 Å². The average molecular weight is 520 g/mol. The molecule has 0 saturated carbocycles. The summed E-state index contributed by atoms with van der Waals surface area (Å²) in [5.41, 5.74) is 10.9. The fraction of sp³-hybridized carbons (Fsp3) is 0.300. The number of carbonyl (C=O) groups is 1. The van der Waals surface area contributed by atoms with Crippen LogP contribution in [0, 0.1) is 6.92 Å². The van der Waals surface area contributed by atoms with E-state index >= 15 is 0 Å². The molecule has 6 nitrogen and oxygen atoms in total. The summed E-state index contributed by atoms with van der Waals surface area (Å²) in [5.74, 6) is -1.04. The third-order valence-electron chi connectivity index (χ3n) is 6.92. The summed E-state index contributed by atoms with van der Waals surface area (Å²) in [6, 6.07) is 21.5. The molecule has 3 aromatic rings. The lowest BCUT2D eigenvalue weighted by atomic mass is 9.86. The second-order valence-corrected chi connectivity index (χ2v) is 10.4. The van der Waals surface area contributed by atoms with Crippen LogP contribution < -0.4 is 16.4 Å². The Hall–Kier alpha value is -3.16. The largest absolute Gasteiger partial charge is 0.478 e. The Morgan fingerprint density at radius 1 is 1.03 bits per heavy atom. The van der Waals surface area contributed by atoms with Crippen molar-refractivity contribution in [3.05, 3.63) is 106 Å². The van der Waals surface area contributed by atoms with Crippen molar-refractivity contribution >= 4 is 28.8 Å². The molecule has 1 aliphatic rings. The highest BCUT2D eigenvalue weighted by molar-refractivity contribution is 6.30. The van der Waals surface area contributed by atoms with Gasteiger partial charge in [0.25, 0.3) is 0 Å². The number of aliphatic hydroxyl groups excluding tert-OH is 1. The van der Waals surface area contributed by atoms with Gasteiger partial charge < -0.3 is 21.3 Å². The van der Waals surface area contributed by atoms with Crippen LogP contribution >= 0.6 is 11.6 Å². The standard InChI is InChI=1S/C30H34ClN3O3/c1-19-3-5-21(6-4-19)15-24(18-32)33-29(37)30(2)17-26(28(35)36)25-16-22(11-14-27(25)34-30)8-7-20-9-12-23(31)13-10-20/h3-6,9-14,16-17,24,29,33-34,37H,7-8,15,18,32H2,1-2H3,(H,35,36)/t24-,29?,30?/m0/s1. The third kappa shape index (κ3) is 6.59. The van der Waals surface area contributed by atoms with Gasteiger partial charge in [0, 0.05) is 28.9 Å². The van der Waals surface area contributed by atoms with Gasteiger partial charge in [-0.25, -0.2) is 4.79 Å². The third-order valence-corrected chi connectivity index (χ3v) is 7.17. The quantitative estimate of drug-likeness (QED) is 0.251. The molecule has 37 heavy (non-hydrogen) atoms. The van der Waals surface area contributed by atoms with E-state index in [0.29, 0.717) is 29.2 Å². The van der Waals surface area contributed by atoms with Crippen LogP contribution in [0.4, 0.5) is 5.69 Å². The molecule has 0 spiro atoms. The van der Waals surface area contributed by atoms with Gasteiger partial charge in [0.15, 0.2) is 0 Å². The number of nitrogens with two attached hydrogens (primary N) is 1. The molecule has 0 saturated heterocycles. The van der Waals surface area contributed by atoms with Crippen molar-refractivity contribution in [3.8, 4) is 0 Å². The molecular weight excluding hydrogens is 486 g/mol. The van der Waals surface area contributed by atoms with Crippen LogP contribution in [0.2, 0.25) is 5.02 Å². The highest BCUT2D eigenvalue weighted by Gasteiger charge is 2.38. The van der Waals surface area contributed by atoms with Crippen LogP contribution in [0.15, 0.2) is 72.8 Å². The van der Waals surface area contributed by atoms with Crippen LogP contribution in [0.3, 0.4) is 0 Å². The number of aliphatic carboxylic acids is 1. The summed E-state index contributed by atoms with van der Waals surface area (Å²) in [6.45, 7) is 4.14. The molecule has 0 bridgehead atoms. The van der Waals surface area contributed by atoms with E-state index in [1.54, 1.807) is 13.0 Å². The number of aryl methyl sites for hydroxylation is 3. The first-order valence-corrected chi connectivity index (χ1v) is 12.9. The van der Waals surface area contributed by atoms with Crippen LogP contribution in [0.1, 0.15) is 34.7 Å². The van der Waals surface area contributed by atoms with Crippen molar-refractivity contribution in [3.63, 3.8) is 0 Å². The molecule has 1 aliphatic heterocycles. The van der Waals surface area contributed by atoms with Gasteiger partial charge in [-0.05, 0) is 80.1 Å². The normalized spacial score (nSPS) is 18.4. The van der Waals surface area contributed by atoms with E-state index in [4.69, 9.17) is 17.3 Å². The van der Waals surface area contributed by atoms with E-state index in [9.17, 15) is 15.0 Å². The summed E-state index contributed by atoms with van der Waals surface area (Å²) in [4.78, 5) is 12.3. The smallest absolute Gasteiger partial charge is 0.336 e. The molecule has 6 N–H and O–H groups in total. The second-order valence-electron chi connectivity index (χ2n) is 9.97. The van der Waals surface area contributed by atoms with Crippen LogP contribution in [0.25, 0.3) is 5.57 Å². The Balaban J connectivity index is 1.51. The van der Waals surface area contributed by atoms with Crippen molar-refractivity contribution in [2.24, 2.45) is 5.73 Å². The number of hydrogen-bond acceptors (Lipinski definition) is 5. The monoisotopic (exact) mass is 519 g/mol. The van der Waals surface area contributed by atoms with Crippen molar-refractivity contribution in [1.29, 1.82) is 0 Å². The lowest BCUT2D eigenvalue weighted by molar-refractivity contribution is -0.130. The molecule has 2 unspecified atom stereocenters. The highest BCUT2D eigenvalue weighted by atomic mass is 35.5. The number of carboxylic acid groups (broad SMARTS) is 1. The van der Waals surface area contributed by atoms with Gasteiger partial charge >= 0.3 is 5.97 Å². The van der Waals surface area contributed by atoms with Gasteiger partial charge in [0.2, 0.25) is 0 Å². The summed E-state index contributed by atoms with van der Waals surface area (Å²) in [7, 11) is 0. The van der Waals surface area contributed by atoms with Crippen molar-refractivity contribution in [1.82, 2.24) is 5.32 Å². The zero-order chi connectivity index (χ0) is 26.6. The summed E-state index contributed by atoms with van der Waals surface area (Å²) < 4.78 is 0. The minimum Gasteiger partial charge on any atom is -0.478 e. The van der Waals surface area contributed by atoms with E-state index in [0.717, 1.165) is 29.5 Å². The molecule has 3 atom stereocenters. The maximum Gasteiger partial charge on any atom is 0.336 e. The zero-order valence-corrected chi connectivity index (χ0v) is 21.9. The molecule has 4 rings (SSSR count). The molecule has 7 heteroatoms. The van der Waals surface area contributed by atoms with Gasteiger partial charge in [-0.15, -0.1) is 0 Å². The number of halogens is 1. The molecular formula is C30H34ClN3O3. The Bertz CT molecular complexity index is 1270. The first-order valence-electron chi connectivity index (χ1n) is 12.5. The minimum absolute atomic E-state index is 0.160. The Morgan fingerprint density at radius 2 is 1.65 bits per heavy atom. The van der Waals surface area contributed by atoms with Gasteiger partial charge in [0.1, 0.15) is 6.23 Å². The molecule has 0 amide bonds. The number of rotatable bonds is 10. The lowest BCUT2D eigenvalue weighted by Gasteiger charge is -2.40. The highest BCUT2D eigenvalue weighted by Crippen LogP contribution is 2.36. The van der Waals surface area contributed by atoms with E-state index in [-0.39, 0.29) is 11.6 Å². The number of benzene rings is 3. The molecule has 3 aromatic carbocycles. The Morgan fingerprint density at radius 3 is 2.30 bits per heavy atom. The molecule has 0 radical (unpaired) electrons. The average Bonchev–Trinajstić information content (AvgIpc) is 2.88. The van der Waals surface area contributed by atoms with E-state index in [1.807, 2.05) is 61.5 Å². The SMILES string of the molecule is Cc1ccc(C[C@@H](CN)NC(O)C2(C)C=C(C(=O)O)c3cc(CCc4ccc(Cl)cc4)ccc3N2)cc1. The van der Waals surface area contributed by atoms with Crippen molar-refractivity contribution < 1.29 is 15.0 Å². The van der Waals surface area contributed by atoms with Crippen LogP contribution in [0.5, 0.6) is 0 Å². The van der Waals surface area contributed by atoms with Crippen LogP contribution in [-0.4, -0.2) is 40.5 Å². The van der Waals surface area contributed by atoms with Gasteiger partial charge in [-0.1, -0.05) is 59.6 Å². The number of aliphatic hydroxyl groups is 1. The fourth-order valence-electron chi connectivity index (χ4n) is 4.66. The first kappa shape index (κ1) is 26.9. The van der Waals surface area contributed by atoms with E-state index in [1.165, 1.54) is 5.56 Å². The predicted molar refractivity (Wildman–Crippen MR) is 150 cm³/mol. The minimum atomic E-state index is -1.07. The summed E-state index contributed by atoms with van der Waals surface area (Å²) in [5, 5.41) is 28.5.